The Morgan fingerprint density at radius 3 is 2.70 bits per heavy atom. The van der Waals surface area contributed by atoms with Crippen LogP contribution in [0.3, 0.4) is 0 Å². The number of benzene rings is 1. The van der Waals surface area contributed by atoms with Gasteiger partial charge in [0.1, 0.15) is 23.0 Å². The van der Waals surface area contributed by atoms with Crippen LogP contribution in [0, 0.1) is 31.1 Å². The molecule has 4 rings (SSSR count). The number of nitriles is 1. The molecule has 1 aliphatic rings. The molecule has 1 aromatic carbocycles. The minimum absolute atomic E-state index is 0.273. The molecule has 2 aromatic heterocycles. The highest BCUT2D eigenvalue weighted by molar-refractivity contribution is 7.18. The molecule has 0 radical (unpaired) electrons. The molecule has 170 valence electrons. The topological polar surface area (TPSA) is 108 Å². The number of fused-ring (bicyclic) bond motifs is 1. The number of hydrogen-bond acceptors (Lipinski definition) is 8. The number of hydrogen-bond donors (Lipinski definition) is 1. The van der Waals surface area contributed by atoms with Gasteiger partial charge in [0.2, 0.25) is 0 Å². The van der Waals surface area contributed by atoms with E-state index in [1.807, 2.05) is 6.07 Å². The van der Waals surface area contributed by atoms with Crippen molar-refractivity contribution >= 4 is 44.9 Å². The normalized spacial score (nSPS) is 15.2. The molecule has 3 heterocycles. The van der Waals surface area contributed by atoms with Gasteiger partial charge in [-0.15, -0.1) is 11.3 Å². The summed E-state index contributed by atoms with van der Waals surface area (Å²) in [4.78, 5) is 38.5. The third-order valence-electron chi connectivity index (χ3n) is 6.04. The molecule has 1 atom stereocenters. The van der Waals surface area contributed by atoms with E-state index in [2.05, 4.69) is 34.0 Å². The number of para-hydroxylation sites is 1. The lowest BCUT2D eigenvalue weighted by Gasteiger charge is -2.32. The fraction of sp³-hybridized carbons (Fsp3) is 0.375. The number of ether oxygens (including phenoxy) is 1. The highest BCUT2D eigenvalue weighted by Crippen LogP contribution is 2.35. The molecular formula is C24H25N5O3S. The van der Waals surface area contributed by atoms with Crippen molar-refractivity contribution in [2.75, 3.05) is 23.3 Å². The van der Waals surface area contributed by atoms with E-state index < -0.39 is 12.0 Å². The zero-order valence-electron chi connectivity index (χ0n) is 18.8. The molecule has 1 aliphatic heterocycles. The number of carbonyl (C=O) groups excluding carboxylic acids is 2. The van der Waals surface area contributed by atoms with Gasteiger partial charge in [0.25, 0.3) is 5.91 Å². The largest absolute Gasteiger partial charge is 0.452 e. The van der Waals surface area contributed by atoms with Crippen molar-refractivity contribution in [1.82, 2.24) is 9.97 Å². The second kappa shape index (κ2) is 9.55. The van der Waals surface area contributed by atoms with Gasteiger partial charge in [0.05, 0.1) is 22.6 Å². The number of amides is 1. The number of carbonyl (C=O) groups is 2. The Kier molecular flexibility index (Phi) is 6.56. The molecule has 1 amide bonds. The Labute approximate surface area is 196 Å². The lowest BCUT2D eigenvalue weighted by molar-refractivity contribution is -0.157. The Morgan fingerprint density at radius 2 is 1.97 bits per heavy atom. The van der Waals surface area contributed by atoms with E-state index in [4.69, 9.17) is 10.00 Å². The van der Waals surface area contributed by atoms with Crippen LogP contribution in [0.2, 0.25) is 0 Å². The van der Waals surface area contributed by atoms with E-state index >= 15 is 0 Å². The molecular weight excluding hydrogens is 438 g/mol. The first-order chi connectivity index (χ1) is 15.9. The van der Waals surface area contributed by atoms with Crippen LogP contribution in [-0.4, -0.2) is 41.0 Å². The zero-order chi connectivity index (χ0) is 23.5. The molecule has 1 fully saturated rings. The van der Waals surface area contributed by atoms with Gasteiger partial charge >= 0.3 is 5.97 Å². The molecule has 0 spiro atoms. The number of piperidine rings is 1. The molecule has 9 heteroatoms. The van der Waals surface area contributed by atoms with Gasteiger partial charge in [-0.3, -0.25) is 9.59 Å². The fourth-order valence-corrected chi connectivity index (χ4v) is 4.97. The number of thiophene rings is 1. The maximum atomic E-state index is 12.7. The molecule has 0 saturated carbocycles. The summed E-state index contributed by atoms with van der Waals surface area (Å²) in [7, 11) is 0. The van der Waals surface area contributed by atoms with Crippen LogP contribution in [-0.2, 0) is 14.3 Å². The average molecular weight is 464 g/mol. The zero-order valence-corrected chi connectivity index (χ0v) is 19.6. The average Bonchev–Trinajstić information content (AvgIpc) is 3.13. The smallest absolute Gasteiger partial charge is 0.309 e. The van der Waals surface area contributed by atoms with Crippen LogP contribution < -0.4 is 10.2 Å². The van der Waals surface area contributed by atoms with Crippen molar-refractivity contribution in [1.29, 1.82) is 5.26 Å². The Bertz CT molecular complexity index is 1240. The van der Waals surface area contributed by atoms with E-state index in [1.165, 1.54) is 17.4 Å². The van der Waals surface area contributed by atoms with Gasteiger partial charge in [-0.2, -0.15) is 5.26 Å². The maximum Gasteiger partial charge on any atom is 0.309 e. The molecule has 3 aromatic rings. The SMILES string of the molecule is Cc1sc2ncnc(N3CCC(C(=O)OC(C)C(=O)Nc4ccccc4C#N)CC3)c2c1C. The van der Waals surface area contributed by atoms with Crippen LogP contribution in [0.25, 0.3) is 10.2 Å². The van der Waals surface area contributed by atoms with Gasteiger partial charge in [0.15, 0.2) is 6.10 Å². The van der Waals surface area contributed by atoms with Gasteiger partial charge in [0, 0.05) is 18.0 Å². The minimum Gasteiger partial charge on any atom is -0.452 e. The fourth-order valence-electron chi connectivity index (χ4n) is 3.98. The Balaban J connectivity index is 1.35. The van der Waals surface area contributed by atoms with E-state index in [0.717, 1.165) is 16.0 Å². The second-order valence-electron chi connectivity index (χ2n) is 8.15. The summed E-state index contributed by atoms with van der Waals surface area (Å²) < 4.78 is 5.45. The van der Waals surface area contributed by atoms with Crippen molar-refractivity contribution < 1.29 is 14.3 Å². The minimum atomic E-state index is -0.958. The van der Waals surface area contributed by atoms with Crippen LogP contribution >= 0.6 is 11.3 Å². The Morgan fingerprint density at radius 1 is 1.24 bits per heavy atom. The first-order valence-electron chi connectivity index (χ1n) is 10.8. The number of aryl methyl sites for hydroxylation is 2. The van der Waals surface area contributed by atoms with E-state index in [0.29, 0.717) is 37.2 Å². The lowest BCUT2D eigenvalue weighted by Crippen LogP contribution is -2.39. The van der Waals surface area contributed by atoms with Crippen molar-refractivity contribution in [3.63, 3.8) is 0 Å². The highest BCUT2D eigenvalue weighted by Gasteiger charge is 2.30. The number of aromatic nitrogens is 2. The maximum absolute atomic E-state index is 12.7. The van der Waals surface area contributed by atoms with Gasteiger partial charge in [-0.1, -0.05) is 12.1 Å². The number of nitrogens with zero attached hydrogens (tertiary/aromatic N) is 4. The van der Waals surface area contributed by atoms with Crippen LogP contribution in [0.4, 0.5) is 11.5 Å². The summed E-state index contributed by atoms with van der Waals surface area (Å²) in [6.45, 7) is 7.07. The summed E-state index contributed by atoms with van der Waals surface area (Å²) in [6, 6.07) is 8.73. The number of anilines is 2. The predicted octanol–water partition coefficient (Wildman–Crippen LogP) is 3.97. The van der Waals surface area contributed by atoms with Crippen molar-refractivity contribution in [2.24, 2.45) is 5.92 Å². The molecule has 8 nitrogen and oxygen atoms in total. The van der Waals surface area contributed by atoms with Crippen molar-refractivity contribution in [2.45, 2.75) is 39.7 Å². The van der Waals surface area contributed by atoms with Crippen LogP contribution in [0.5, 0.6) is 0 Å². The third kappa shape index (κ3) is 4.66. The van der Waals surface area contributed by atoms with E-state index in [1.54, 1.807) is 41.9 Å². The third-order valence-corrected chi connectivity index (χ3v) is 7.16. The highest BCUT2D eigenvalue weighted by atomic mass is 32.1. The molecule has 1 saturated heterocycles. The predicted molar refractivity (Wildman–Crippen MR) is 127 cm³/mol. The van der Waals surface area contributed by atoms with Gasteiger partial charge < -0.3 is 15.0 Å². The number of esters is 1. The van der Waals surface area contributed by atoms with E-state index in [-0.39, 0.29) is 11.9 Å². The first kappa shape index (κ1) is 22.7. The van der Waals surface area contributed by atoms with Crippen molar-refractivity contribution in [3.8, 4) is 6.07 Å². The molecule has 0 aliphatic carbocycles. The Hall–Kier alpha value is -3.51. The van der Waals surface area contributed by atoms with Crippen molar-refractivity contribution in [3.05, 3.63) is 46.6 Å². The first-order valence-corrected chi connectivity index (χ1v) is 11.7. The van der Waals surface area contributed by atoms with Gasteiger partial charge in [-0.25, -0.2) is 9.97 Å². The number of rotatable bonds is 5. The summed E-state index contributed by atoms with van der Waals surface area (Å²) in [5, 5.41) is 12.9. The van der Waals surface area contributed by atoms with E-state index in [9.17, 15) is 9.59 Å². The van der Waals surface area contributed by atoms with Gasteiger partial charge in [-0.05, 0) is 51.3 Å². The summed E-state index contributed by atoms with van der Waals surface area (Å²) in [6.07, 6.45) is 1.88. The van der Waals surface area contributed by atoms with Crippen LogP contribution in [0.15, 0.2) is 30.6 Å². The molecule has 33 heavy (non-hydrogen) atoms. The summed E-state index contributed by atoms with van der Waals surface area (Å²) in [5.41, 5.74) is 1.95. The molecule has 1 unspecified atom stereocenters. The summed E-state index contributed by atoms with van der Waals surface area (Å²) in [5.74, 6) is -0.195. The monoisotopic (exact) mass is 463 g/mol. The lowest BCUT2D eigenvalue weighted by atomic mass is 9.96. The molecule has 0 bridgehead atoms. The van der Waals surface area contributed by atoms with Crippen LogP contribution in [0.1, 0.15) is 35.8 Å². The second-order valence-corrected chi connectivity index (χ2v) is 9.35. The summed E-state index contributed by atoms with van der Waals surface area (Å²) >= 11 is 1.67. The standard InChI is InChI=1S/C24H25N5O3S/c1-14-16(3)33-23-20(14)21(26-13-27-23)29-10-8-17(9-11-29)24(31)32-15(2)22(30)28-19-7-5-4-6-18(19)12-25/h4-7,13,15,17H,8-11H2,1-3H3,(H,28,30). The molecule has 1 N–H and O–H groups in total. The quantitative estimate of drug-likeness (QED) is 0.570. The number of nitrogens with one attached hydrogen (secondary N) is 1.